The number of methoxy groups -OCH3 is 1. The molecule has 0 spiro atoms. The van der Waals surface area contributed by atoms with E-state index in [1.165, 1.54) is 25.9 Å². The molecule has 1 fully saturated rings. The summed E-state index contributed by atoms with van der Waals surface area (Å²) in [6.07, 6.45) is 3.66. The van der Waals surface area contributed by atoms with Crippen LogP contribution in [-0.2, 0) is 0 Å². The summed E-state index contributed by atoms with van der Waals surface area (Å²) >= 11 is 6.23. The monoisotopic (exact) mass is 310 g/mol. The van der Waals surface area contributed by atoms with E-state index in [0.717, 1.165) is 22.8 Å². The largest absolute Gasteiger partial charge is 0.496 e. The Morgan fingerprint density at radius 1 is 1.38 bits per heavy atom. The maximum absolute atomic E-state index is 6.23. The van der Waals surface area contributed by atoms with Crippen molar-refractivity contribution in [1.82, 2.24) is 10.2 Å². The van der Waals surface area contributed by atoms with Crippen LogP contribution < -0.4 is 10.1 Å². The third-order valence-electron chi connectivity index (χ3n) is 4.96. The van der Waals surface area contributed by atoms with Crippen molar-refractivity contribution in [2.45, 2.75) is 44.7 Å². The molecule has 0 saturated carbocycles. The molecule has 2 atom stereocenters. The topological polar surface area (TPSA) is 24.5 Å². The van der Waals surface area contributed by atoms with Crippen LogP contribution in [0, 0.1) is 0 Å². The van der Waals surface area contributed by atoms with Gasteiger partial charge in [0.05, 0.1) is 13.2 Å². The van der Waals surface area contributed by atoms with E-state index >= 15 is 0 Å². The number of hydrogen-bond donors (Lipinski definition) is 1. The molecule has 3 nitrogen and oxygen atoms in total. The number of nitrogens with one attached hydrogen (secondary N) is 1. The lowest BCUT2D eigenvalue weighted by Crippen LogP contribution is -2.52. The smallest absolute Gasteiger partial charge is 0.123 e. The highest BCUT2D eigenvalue weighted by atomic mass is 35.5. The van der Waals surface area contributed by atoms with Crippen molar-refractivity contribution < 1.29 is 4.74 Å². The molecule has 1 N–H and O–H groups in total. The maximum Gasteiger partial charge on any atom is 0.123 e. The molecule has 1 aliphatic rings. The van der Waals surface area contributed by atoms with E-state index in [1.54, 1.807) is 7.11 Å². The van der Waals surface area contributed by atoms with Gasteiger partial charge < -0.3 is 10.1 Å². The van der Waals surface area contributed by atoms with Gasteiger partial charge in [-0.25, -0.2) is 0 Å². The van der Waals surface area contributed by atoms with Crippen LogP contribution >= 0.6 is 11.6 Å². The SMILES string of the molecule is CCC(C)(C(NC)c1cc(Cl)ccc1OC)N1CCCC1. The van der Waals surface area contributed by atoms with E-state index in [1.807, 2.05) is 25.2 Å². The van der Waals surface area contributed by atoms with Crippen LogP contribution in [0.5, 0.6) is 5.75 Å². The first-order chi connectivity index (χ1) is 10.1. The zero-order valence-electron chi connectivity index (χ0n) is 13.6. The first kappa shape index (κ1) is 16.6. The van der Waals surface area contributed by atoms with Gasteiger partial charge in [-0.2, -0.15) is 0 Å². The fraction of sp³-hybridized carbons (Fsp3) is 0.647. The van der Waals surface area contributed by atoms with Crippen molar-refractivity contribution in [2.24, 2.45) is 0 Å². The van der Waals surface area contributed by atoms with E-state index in [2.05, 4.69) is 24.1 Å². The Bertz CT molecular complexity index is 474. The van der Waals surface area contributed by atoms with Crippen LogP contribution in [0.2, 0.25) is 5.02 Å². The van der Waals surface area contributed by atoms with Crippen molar-refractivity contribution >= 4 is 11.6 Å². The predicted octanol–water partition coefficient (Wildman–Crippen LogP) is 3.87. The fourth-order valence-corrected chi connectivity index (χ4v) is 3.75. The van der Waals surface area contributed by atoms with Crippen LogP contribution in [0.3, 0.4) is 0 Å². The van der Waals surface area contributed by atoms with Gasteiger partial charge in [-0.05, 0) is 64.5 Å². The van der Waals surface area contributed by atoms with Gasteiger partial charge in [0.1, 0.15) is 5.75 Å². The molecule has 2 rings (SSSR count). The summed E-state index contributed by atoms with van der Waals surface area (Å²) in [5.74, 6) is 0.901. The summed E-state index contributed by atoms with van der Waals surface area (Å²) in [6.45, 7) is 6.95. The van der Waals surface area contributed by atoms with Crippen LogP contribution in [0.1, 0.15) is 44.7 Å². The predicted molar refractivity (Wildman–Crippen MR) is 89.3 cm³/mol. The minimum atomic E-state index is 0.0587. The van der Waals surface area contributed by atoms with Gasteiger partial charge in [-0.15, -0.1) is 0 Å². The van der Waals surface area contributed by atoms with Crippen molar-refractivity contribution in [3.05, 3.63) is 28.8 Å². The highest BCUT2D eigenvalue weighted by Crippen LogP contribution is 2.40. The number of nitrogens with zero attached hydrogens (tertiary/aromatic N) is 1. The van der Waals surface area contributed by atoms with Crippen LogP contribution in [0.4, 0.5) is 0 Å². The third kappa shape index (κ3) is 3.20. The average molecular weight is 311 g/mol. The molecular weight excluding hydrogens is 284 g/mol. The summed E-state index contributed by atoms with van der Waals surface area (Å²) in [7, 11) is 3.74. The van der Waals surface area contributed by atoms with Crippen molar-refractivity contribution in [3.63, 3.8) is 0 Å². The molecule has 118 valence electrons. The van der Waals surface area contributed by atoms with E-state index in [0.29, 0.717) is 0 Å². The maximum atomic E-state index is 6.23. The van der Waals surface area contributed by atoms with Gasteiger partial charge >= 0.3 is 0 Å². The molecule has 1 aromatic rings. The number of ether oxygens (including phenoxy) is 1. The molecule has 4 heteroatoms. The van der Waals surface area contributed by atoms with Gasteiger partial charge in [0.15, 0.2) is 0 Å². The highest BCUT2D eigenvalue weighted by Gasteiger charge is 2.40. The number of likely N-dealkylation sites (tertiary alicyclic amines) is 1. The number of rotatable bonds is 6. The number of hydrogen-bond acceptors (Lipinski definition) is 3. The lowest BCUT2D eigenvalue weighted by Gasteiger charge is -2.45. The van der Waals surface area contributed by atoms with Gasteiger partial charge in [-0.1, -0.05) is 18.5 Å². The van der Waals surface area contributed by atoms with E-state index in [9.17, 15) is 0 Å². The molecule has 1 saturated heterocycles. The number of likely N-dealkylation sites (N-methyl/N-ethyl adjacent to an activating group) is 1. The van der Waals surface area contributed by atoms with E-state index in [4.69, 9.17) is 16.3 Å². The number of benzene rings is 1. The number of halogens is 1. The van der Waals surface area contributed by atoms with Gasteiger partial charge in [-0.3, -0.25) is 4.90 Å². The molecular formula is C17H27ClN2O. The first-order valence-electron chi connectivity index (χ1n) is 7.82. The van der Waals surface area contributed by atoms with E-state index in [-0.39, 0.29) is 11.6 Å². The van der Waals surface area contributed by atoms with Gasteiger partial charge in [0.2, 0.25) is 0 Å². The lowest BCUT2D eigenvalue weighted by atomic mass is 9.82. The average Bonchev–Trinajstić information content (AvgIpc) is 3.03. The molecule has 1 aromatic carbocycles. The molecule has 2 unspecified atom stereocenters. The molecule has 1 aliphatic heterocycles. The Morgan fingerprint density at radius 2 is 2.05 bits per heavy atom. The molecule has 0 aliphatic carbocycles. The summed E-state index contributed by atoms with van der Waals surface area (Å²) in [5.41, 5.74) is 1.20. The molecule has 0 amide bonds. The van der Waals surface area contributed by atoms with Crippen molar-refractivity contribution in [2.75, 3.05) is 27.2 Å². The second-order valence-corrected chi connectivity index (χ2v) is 6.45. The minimum Gasteiger partial charge on any atom is -0.496 e. The lowest BCUT2D eigenvalue weighted by molar-refractivity contribution is 0.0862. The molecule has 21 heavy (non-hydrogen) atoms. The third-order valence-corrected chi connectivity index (χ3v) is 5.19. The fourth-order valence-electron chi connectivity index (χ4n) is 3.57. The normalized spacial score (nSPS) is 20.2. The summed E-state index contributed by atoms with van der Waals surface area (Å²) in [4.78, 5) is 2.61. The Labute approximate surface area is 133 Å². The molecule has 0 radical (unpaired) electrons. The molecule has 0 aromatic heterocycles. The zero-order valence-corrected chi connectivity index (χ0v) is 14.3. The summed E-state index contributed by atoms with van der Waals surface area (Å²) in [5, 5.41) is 4.26. The van der Waals surface area contributed by atoms with Crippen LogP contribution in [0.15, 0.2) is 18.2 Å². The molecule has 0 bridgehead atoms. The van der Waals surface area contributed by atoms with Crippen molar-refractivity contribution in [1.29, 1.82) is 0 Å². The second-order valence-electron chi connectivity index (χ2n) is 6.01. The van der Waals surface area contributed by atoms with Crippen molar-refractivity contribution in [3.8, 4) is 5.75 Å². The molecule has 1 heterocycles. The Hall–Kier alpha value is -0.770. The quantitative estimate of drug-likeness (QED) is 0.863. The van der Waals surface area contributed by atoms with E-state index < -0.39 is 0 Å². The Morgan fingerprint density at radius 3 is 2.57 bits per heavy atom. The first-order valence-corrected chi connectivity index (χ1v) is 8.20. The minimum absolute atomic E-state index is 0.0587. The second kappa shape index (κ2) is 6.99. The Kier molecular flexibility index (Phi) is 5.53. The highest BCUT2D eigenvalue weighted by molar-refractivity contribution is 6.30. The van der Waals surface area contributed by atoms with Crippen LogP contribution in [-0.4, -0.2) is 37.7 Å². The summed E-state index contributed by atoms with van der Waals surface area (Å²) in [6, 6.07) is 6.07. The van der Waals surface area contributed by atoms with Crippen LogP contribution in [0.25, 0.3) is 0 Å². The standard InChI is InChI=1S/C17H27ClN2O/c1-5-17(2,20-10-6-7-11-20)16(19-3)14-12-13(18)8-9-15(14)21-4/h8-9,12,16,19H,5-7,10-11H2,1-4H3. The zero-order chi connectivity index (χ0) is 15.5. The summed E-state index contributed by atoms with van der Waals surface area (Å²) < 4.78 is 5.57. The Balaban J connectivity index is 2.43. The van der Waals surface area contributed by atoms with Gasteiger partial charge in [0.25, 0.3) is 0 Å². The van der Waals surface area contributed by atoms with Gasteiger partial charge in [0, 0.05) is 16.1 Å².